The Morgan fingerprint density at radius 2 is 2.00 bits per heavy atom. The molecule has 214 valence electrons. The number of benzene rings is 1. The Hall–Kier alpha value is -3.29. The van der Waals surface area contributed by atoms with Crippen molar-refractivity contribution in [2.24, 2.45) is 5.92 Å². The van der Waals surface area contributed by atoms with Crippen molar-refractivity contribution in [2.45, 2.75) is 37.0 Å². The molecule has 1 amide bonds. The minimum atomic E-state index is -5.22. The lowest BCUT2D eigenvalue weighted by molar-refractivity contribution is -0.265. The Morgan fingerprint density at radius 1 is 1.27 bits per heavy atom. The standard InChI is InChI=1S/C27H28F4N4O4S/c1-25(12-32-10-15-3-4-15)14-39-22-18(25)9-20(35-21(22)16-5-7-17(28)8-6-16)26(37,27(29,30)31)13-34-23(36)19-11-33-24(38-2)40-19/h5-9,11,15,32,37H,3-4,10,12-14H2,1-2H3,(H,34,36)/t25-,26?/m0/s1. The number of carbonyl (C=O) groups excluding carboxylic acids is 1. The molecule has 1 aromatic carbocycles. The molecule has 40 heavy (non-hydrogen) atoms. The van der Waals surface area contributed by atoms with Gasteiger partial charge in [0, 0.05) is 23.1 Å². The molecule has 3 aromatic rings. The van der Waals surface area contributed by atoms with Crippen molar-refractivity contribution < 1.29 is 36.9 Å². The Bertz CT molecular complexity index is 1400. The number of fused-ring (bicyclic) bond motifs is 1. The molecule has 1 unspecified atom stereocenters. The summed E-state index contributed by atoms with van der Waals surface area (Å²) in [5.74, 6) is -0.524. The molecule has 2 atom stereocenters. The number of ether oxygens (including phenoxy) is 2. The average molecular weight is 581 g/mol. The van der Waals surface area contributed by atoms with Crippen molar-refractivity contribution in [3.63, 3.8) is 0 Å². The molecule has 2 aromatic heterocycles. The second kappa shape index (κ2) is 10.6. The molecule has 2 aliphatic rings. The number of hydrogen-bond donors (Lipinski definition) is 3. The van der Waals surface area contributed by atoms with Crippen LogP contribution < -0.4 is 20.1 Å². The number of amides is 1. The van der Waals surface area contributed by atoms with Crippen LogP contribution in [0.4, 0.5) is 17.6 Å². The number of alkyl halides is 3. The number of halogens is 4. The number of nitrogens with one attached hydrogen (secondary N) is 2. The zero-order chi connectivity index (χ0) is 28.7. The van der Waals surface area contributed by atoms with Gasteiger partial charge in [0.05, 0.1) is 32.2 Å². The van der Waals surface area contributed by atoms with E-state index in [9.17, 15) is 27.5 Å². The number of methoxy groups -OCH3 is 1. The first-order valence-corrected chi connectivity index (χ1v) is 13.5. The van der Waals surface area contributed by atoms with E-state index in [1.165, 1.54) is 43.6 Å². The summed E-state index contributed by atoms with van der Waals surface area (Å²) in [4.78, 5) is 20.7. The molecule has 5 rings (SSSR count). The van der Waals surface area contributed by atoms with Crippen LogP contribution in [0.5, 0.6) is 10.9 Å². The predicted molar refractivity (Wildman–Crippen MR) is 139 cm³/mol. The van der Waals surface area contributed by atoms with Gasteiger partial charge in [-0.2, -0.15) is 13.2 Å². The van der Waals surface area contributed by atoms with E-state index in [0.717, 1.165) is 30.7 Å². The van der Waals surface area contributed by atoms with E-state index < -0.39 is 41.2 Å². The lowest BCUT2D eigenvalue weighted by atomic mass is 9.82. The molecule has 3 heterocycles. The normalized spacial score (nSPS) is 20.0. The SMILES string of the molecule is COc1ncc(C(=O)NCC(O)(c2cc3c(c(-c4ccc(F)cc4)n2)OC[C@]3(C)CNCC2CC2)C(F)(F)F)s1. The summed E-state index contributed by atoms with van der Waals surface area (Å²) in [7, 11) is 1.35. The van der Waals surface area contributed by atoms with E-state index in [0.29, 0.717) is 23.6 Å². The first-order chi connectivity index (χ1) is 18.9. The quantitative estimate of drug-likeness (QED) is 0.309. The number of hydrogen-bond acceptors (Lipinski definition) is 8. The van der Waals surface area contributed by atoms with Crippen LogP contribution in [0.1, 0.15) is 40.7 Å². The minimum absolute atomic E-state index is 0.0120. The molecule has 0 saturated heterocycles. The molecule has 3 N–H and O–H groups in total. The maximum absolute atomic E-state index is 14.6. The van der Waals surface area contributed by atoms with Gasteiger partial charge < -0.3 is 25.2 Å². The second-order valence-corrected chi connectivity index (χ2v) is 11.4. The molecule has 8 nitrogen and oxygen atoms in total. The molecule has 0 bridgehead atoms. The highest BCUT2D eigenvalue weighted by atomic mass is 32.1. The van der Waals surface area contributed by atoms with Crippen LogP contribution in [-0.4, -0.2) is 60.5 Å². The predicted octanol–water partition coefficient (Wildman–Crippen LogP) is 4.18. The third-order valence-corrected chi connectivity index (χ3v) is 8.16. The van der Waals surface area contributed by atoms with Gasteiger partial charge in [-0.25, -0.2) is 14.4 Å². The fraction of sp³-hybridized carbons (Fsp3) is 0.444. The van der Waals surface area contributed by atoms with Crippen molar-refractivity contribution in [3.05, 3.63) is 58.5 Å². The molecule has 1 aliphatic heterocycles. The van der Waals surface area contributed by atoms with Crippen molar-refractivity contribution in [1.29, 1.82) is 0 Å². The number of thiazole rings is 1. The van der Waals surface area contributed by atoms with Gasteiger partial charge in [0.1, 0.15) is 22.1 Å². The van der Waals surface area contributed by atoms with Crippen LogP contribution in [0.3, 0.4) is 0 Å². The number of rotatable bonds is 10. The summed E-state index contributed by atoms with van der Waals surface area (Å²) in [6.45, 7) is 2.05. The average Bonchev–Trinajstić information content (AvgIpc) is 3.50. The summed E-state index contributed by atoms with van der Waals surface area (Å²) < 4.78 is 68.3. The number of pyridine rings is 1. The van der Waals surface area contributed by atoms with E-state index in [1.807, 2.05) is 6.92 Å². The third-order valence-electron chi connectivity index (χ3n) is 7.20. The molecular weight excluding hydrogens is 552 g/mol. The van der Waals surface area contributed by atoms with Crippen LogP contribution >= 0.6 is 11.3 Å². The van der Waals surface area contributed by atoms with Crippen molar-refractivity contribution in [3.8, 4) is 22.2 Å². The smallest absolute Gasteiger partial charge is 0.424 e. The lowest BCUT2D eigenvalue weighted by Gasteiger charge is -2.32. The van der Waals surface area contributed by atoms with Gasteiger partial charge in [-0.3, -0.25) is 4.79 Å². The number of aromatic nitrogens is 2. The lowest BCUT2D eigenvalue weighted by Crippen LogP contribution is -2.51. The molecular formula is C27H28F4N4O4S. The maximum atomic E-state index is 14.6. The van der Waals surface area contributed by atoms with Crippen LogP contribution in [0, 0.1) is 11.7 Å². The highest BCUT2D eigenvalue weighted by molar-refractivity contribution is 7.15. The highest BCUT2D eigenvalue weighted by Crippen LogP contribution is 2.47. The first-order valence-electron chi connectivity index (χ1n) is 12.7. The number of nitrogens with zero attached hydrogens (tertiary/aromatic N) is 2. The van der Waals surface area contributed by atoms with Crippen LogP contribution in [0.25, 0.3) is 11.3 Å². The Labute approximate surface area is 231 Å². The molecule has 13 heteroatoms. The Balaban J connectivity index is 1.54. The van der Waals surface area contributed by atoms with Gasteiger partial charge in [-0.15, -0.1) is 0 Å². The summed E-state index contributed by atoms with van der Waals surface area (Å²) in [5, 5.41) is 16.9. The van der Waals surface area contributed by atoms with Gasteiger partial charge in [-0.1, -0.05) is 18.3 Å². The van der Waals surface area contributed by atoms with Crippen molar-refractivity contribution in [2.75, 3.05) is 33.4 Å². The van der Waals surface area contributed by atoms with Crippen LogP contribution in [0.2, 0.25) is 0 Å². The summed E-state index contributed by atoms with van der Waals surface area (Å²) in [6.07, 6.45) is -1.77. The van der Waals surface area contributed by atoms with E-state index >= 15 is 0 Å². The Morgan fingerprint density at radius 3 is 2.62 bits per heavy atom. The Kier molecular flexibility index (Phi) is 7.48. The fourth-order valence-corrected chi connectivity index (χ4v) is 5.21. The van der Waals surface area contributed by atoms with Crippen LogP contribution in [-0.2, 0) is 11.0 Å². The van der Waals surface area contributed by atoms with Crippen LogP contribution in [0.15, 0.2) is 36.5 Å². The third kappa shape index (κ3) is 5.50. The van der Waals surface area contributed by atoms with Gasteiger partial charge in [-0.05, 0) is 55.6 Å². The first kappa shape index (κ1) is 28.2. The number of aliphatic hydroxyl groups is 1. The highest BCUT2D eigenvalue weighted by Gasteiger charge is 2.57. The molecule has 1 fully saturated rings. The van der Waals surface area contributed by atoms with E-state index in [1.54, 1.807) is 0 Å². The van der Waals surface area contributed by atoms with Crippen molar-refractivity contribution >= 4 is 17.2 Å². The summed E-state index contributed by atoms with van der Waals surface area (Å²) in [5.41, 5.74) is -4.20. The second-order valence-electron chi connectivity index (χ2n) is 10.4. The minimum Gasteiger partial charge on any atom is -0.490 e. The molecule has 1 aliphatic carbocycles. The maximum Gasteiger partial charge on any atom is 0.424 e. The van der Waals surface area contributed by atoms with Gasteiger partial charge in [0.25, 0.3) is 11.1 Å². The topological polar surface area (TPSA) is 106 Å². The number of carbonyl (C=O) groups is 1. The zero-order valence-electron chi connectivity index (χ0n) is 21.8. The zero-order valence-corrected chi connectivity index (χ0v) is 22.6. The monoisotopic (exact) mass is 580 g/mol. The van der Waals surface area contributed by atoms with Gasteiger partial charge in [0.15, 0.2) is 0 Å². The van der Waals surface area contributed by atoms with Crippen molar-refractivity contribution in [1.82, 2.24) is 20.6 Å². The summed E-state index contributed by atoms with van der Waals surface area (Å²) >= 11 is 0.848. The van der Waals surface area contributed by atoms with Gasteiger partial charge >= 0.3 is 6.18 Å². The molecule has 0 spiro atoms. The van der Waals surface area contributed by atoms with E-state index in [2.05, 4.69) is 20.6 Å². The van der Waals surface area contributed by atoms with E-state index in [-0.39, 0.29) is 28.1 Å². The van der Waals surface area contributed by atoms with E-state index in [4.69, 9.17) is 9.47 Å². The molecule has 0 radical (unpaired) electrons. The largest absolute Gasteiger partial charge is 0.490 e. The van der Waals surface area contributed by atoms with Gasteiger partial charge in [0.2, 0.25) is 5.60 Å². The fourth-order valence-electron chi connectivity index (χ4n) is 4.56. The molecule has 1 saturated carbocycles. The summed E-state index contributed by atoms with van der Waals surface area (Å²) in [6, 6.07) is 6.31.